The molecule has 2 nitrogen and oxygen atoms in total. The lowest BCUT2D eigenvalue weighted by atomic mass is 9.83. The largest absolute Gasteiger partial charge is 0.391 e. The fourth-order valence-electron chi connectivity index (χ4n) is 3.45. The van der Waals surface area contributed by atoms with E-state index in [-0.39, 0.29) is 6.10 Å². The number of likely N-dealkylation sites (tertiary alicyclic amines) is 1. The second kappa shape index (κ2) is 5.05. The summed E-state index contributed by atoms with van der Waals surface area (Å²) in [5, 5.41) is 10.2. The summed E-state index contributed by atoms with van der Waals surface area (Å²) in [6.07, 6.45) is 8.62. The van der Waals surface area contributed by atoms with Crippen LogP contribution in [0.15, 0.2) is 0 Å². The Hall–Kier alpha value is -0.0800. The Morgan fingerprint density at radius 1 is 1.06 bits per heavy atom. The third-order valence-electron chi connectivity index (χ3n) is 4.34. The van der Waals surface area contributed by atoms with Gasteiger partial charge in [0.2, 0.25) is 0 Å². The minimum atomic E-state index is -0.0728. The zero-order chi connectivity index (χ0) is 11.6. The van der Waals surface area contributed by atoms with Gasteiger partial charge in [-0.3, -0.25) is 4.90 Å². The van der Waals surface area contributed by atoms with Gasteiger partial charge in [-0.05, 0) is 37.6 Å². The van der Waals surface area contributed by atoms with Gasteiger partial charge in [-0.1, -0.05) is 33.1 Å². The van der Waals surface area contributed by atoms with Gasteiger partial charge in [-0.2, -0.15) is 0 Å². The van der Waals surface area contributed by atoms with Crippen molar-refractivity contribution < 1.29 is 5.11 Å². The van der Waals surface area contributed by atoms with E-state index in [1.165, 1.54) is 51.6 Å². The van der Waals surface area contributed by atoms with Crippen LogP contribution in [0.4, 0.5) is 0 Å². The molecule has 2 heteroatoms. The van der Waals surface area contributed by atoms with Crippen LogP contribution in [-0.2, 0) is 0 Å². The van der Waals surface area contributed by atoms with E-state index in [0.717, 1.165) is 6.42 Å². The van der Waals surface area contributed by atoms with Gasteiger partial charge in [-0.15, -0.1) is 0 Å². The number of nitrogens with zero attached hydrogens (tertiary/aromatic N) is 1. The van der Waals surface area contributed by atoms with E-state index in [2.05, 4.69) is 18.7 Å². The van der Waals surface area contributed by atoms with Crippen molar-refractivity contribution in [1.29, 1.82) is 0 Å². The molecule has 1 saturated heterocycles. The second-order valence-corrected chi connectivity index (χ2v) is 6.51. The minimum Gasteiger partial charge on any atom is -0.391 e. The molecule has 1 saturated carbocycles. The van der Waals surface area contributed by atoms with Crippen LogP contribution in [-0.4, -0.2) is 35.2 Å². The fraction of sp³-hybridized carbons (Fsp3) is 1.00. The topological polar surface area (TPSA) is 23.5 Å². The predicted molar refractivity (Wildman–Crippen MR) is 67.5 cm³/mol. The molecule has 0 radical (unpaired) electrons. The second-order valence-electron chi connectivity index (χ2n) is 6.51. The van der Waals surface area contributed by atoms with Gasteiger partial charge >= 0.3 is 0 Å². The third-order valence-corrected chi connectivity index (χ3v) is 4.34. The monoisotopic (exact) mass is 225 g/mol. The quantitative estimate of drug-likeness (QED) is 0.694. The van der Waals surface area contributed by atoms with Crippen molar-refractivity contribution in [3.63, 3.8) is 0 Å². The van der Waals surface area contributed by atoms with Crippen LogP contribution in [0.25, 0.3) is 0 Å². The predicted octanol–water partition coefficient (Wildman–Crippen LogP) is 2.80. The molecule has 2 unspecified atom stereocenters. The smallest absolute Gasteiger partial charge is 0.0695 e. The lowest BCUT2D eigenvalue weighted by Crippen LogP contribution is -2.50. The van der Waals surface area contributed by atoms with Crippen molar-refractivity contribution in [2.24, 2.45) is 5.41 Å². The summed E-state index contributed by atoms with van der Waals surface area (Å²) in [4.78, 5) is 2.57. The molecule has 94 valence electrons. The minimum absolute atomic E-state index is 0.0728. The van der Waals surface area contributed by atoms with Crippen molar-refractivity contribution in [1.82, 2.24) is 4.90 Å². The third kappa shape index (κ3) is 2.98. The highest BCUT2D eigenvalue weighted by atomic mass is 16.3. The van der Waals surface area contributed by atoms with Crippen LogP contribution in [0.1, 0.15) is 58.8 Å². The Bertz CT molecular complexity index is 227. The molecular formula is C14H27NO. The molecule has 1 heterocycles. The zero-order valence-electron chi connectivity index (χ0n) is 10.9. The number of aliphatic hydroxyl groups excluding tert-OH is 1. The van der Waals surface area contributed by atoms with Gasteiger partial charge in [0.25, 0.3) is 0 Å². The Labute approximate surface area is 100 Å². The highest BCUT2D eigenvalue weighted by Crippen LogP contribution is 2.32. The summed E-state index contributed by atoms with van der Waals surface area (Å²) in [5.74, 6) is 0. The van der Waals surface area contributed by atoms with E-state index in [1.54, 1.807) is 0 Å². The number of rotatable bonds is 1. The van der Waals surface area contributed by atoms with Gasteiger partial charge in [0.15, 0.2) is 0 Å². The molecule has 0 aromatic rings. The standard InChI is InChI=1S/C14H27NO/c1-14(2)9-6-10-15(11-14)12-7-4-3-5-8-13(12)16/h12-13,16H,3-11H2,1-2H3. The van der Waals surface area contributed by atoms with Crippen molar-refractivity contribution in [2.45, 2.75) is 70.9 Å². The molecule has 16 heavy (non-hydrogen) atoms. The molecule has 1 aliphatic carbocycles. The Kier molecular flexibility index (Phi) is 3.91. The molecule has 0 spiro atoms. The van der Waals surface area contributed by atoms with E-state index in [9.17, 15) is 5.11 Å². The molecule has 2 rings (SSSR count). The van der Waals surface area contributed by atoms with Crippen LogP contribution in [0.3, 0.4) is 0 Å². The van der Waals surface area contributed by atoms with Gasteiger partial charge in [0, 0.05) is 12.6 Å². The van der Waals surface area contributed by atoms with E-state index in [1.807, 2.05) is 0 Å². The molecule has 0 aromatic heterocycles. The van der Waals surface area contributed by atoms with Crippen LogP contribution in [0.2, 0.25) is 0 Å². The van der Waals surface area contributed by atoms with Crippen molar-refractivity contribution in [3.8, 4) is 0 Å². The van der Waals surface area contributed by atoms with E-state index >= 15 is 0 Å². The maximum Gasteiger partial charge on any atom is 0.0695 e. The van der Waals surface area contributed by atoms with Gasteiger partial charge in [-0.25, -0.2) is 0 Å². The molecule has 0 aromatic carbocycles. The Balaban J connectivity index is 1.98. The van der Waals surface area contributed by atoms with Gasteiger partial charge < -0.3 is 5.11 Å². The lowest BCUT2D eigenvalue weighted by molar-refractivity contribution is 0.00329. The van der Waals surface area contributed by atoms with Crippen LogP contribution in [0.5, 0.6) is 0 Å². The molecule has 2 atom stereocenters. The van der Waals surface area contributed by atoms with E-state index in [0.29, 0.717) is 11.5 Å². The van der Waals surface area contributed by atoms with Crippen LogP contribution < -0.4 is 0 Å². The van der Waals surface area contributed by atoms with Crippen LogP contribution >= 0.6 is 0 Å². The molecule has 2 aliphatic rings. The summed E-state index contributed by atoms with van der Waals surface area (Å²) in [5.41, 5.74) is 0.449. The Morgan fingerprint density at radius 3 is 2.56 bits per heavy atom. The highest BCUT2D eigenvalue weighted by Gasteiger charge is 2.33. The average molecular weight is 225 g/mol. The highest BCUT2D eigenvalue weighted by molar-refractivity contribution is 4.88. The first-order chi connectivity index (χ1) is 7.58. The number of piperidine rings is 1. The van der Waals surface area contributed by atoms with Gasteiger partial charge in [0.1, 0.15) is 0 Å². The summed E-state index contributed by atoms with van der Waals surface area (Å²) >= 11 is 0. The lowest BCUT2D eigenvalue weighted by Gasteiger charge is -2.43. The molecule has 0 bridgehead atoms. The molecule has 0 amide bonds. The van der Waals surface area contributed by atoms with E-state index < -0.39 is 0 Å². The van der Waals surface area contributed by atoms with Crippen molar-refractivity contribution in [3.05, 3.63) is 0 Å². The summed E-state index contributed by atoms with van der Waals surface area (Å²) in [6, 6.07) is 0.446. The summed E-state index contributed by atoms with van der Waals surface area (Å²) < 4.78 is 0. The molecule has 2 fully saturated rings. The fourth-order valence-corrected chi connectivity index (χ4v) is 3.45. The zero-order valence-corrected chi connectivity index (χ0v) is 10.9. The number of hydrogen-bond donors (Lipinski definition) is 1. The number of aliphatic hydroxyl groups is 1. The Morgan fingerprint density at radius 2 is 1.81 bits per heavy atom. The maximum absolute atomic E-state index is 10.2. The van der Waals surface area contributed by atoms with Crippen LogP contribution in [0, 0.1) is 5.41 Å². The molecular weight excluding hydrogens is 198 g/mol. The van der Waals surface area contributed by atoms with Gasteiger partial charge in [0.05, 0.1) is 6.10 Å². The molecule has 1 aliphatic heterocycles. The first kappa shape index (κ1) is 12.4. The number of hydrogen-bond acceptors (Lipinski definition) is 2. The van der Waals surface area contributed by atoms with Crippen molar-refractivity contribution in [2.75, 3.05) is 13.1 Å². The summed E-state index contributed by atoms with van der Waals surface area (Å²) in [7, 11) is 0. The first-order valence-electron chi connectivity index (χ1n) is 7.01. The first-order valence-corrected chi connectivity index (χ1v) is 7.01. The van der Waals surface area contributed by atoms with Crippen molar-refractivity contribution >= 4 is 0 Å². The average Bonchev–Trinajstić information content (AvgIpc) is 2.41. The SMILES string of the molecule is CC1(C)CCCN(C2CCCCCC2O)C1. The maximum atomic E-state index is 10.2. The normalized spacial score (nSPS) is 36.9. The molecule has 1 N–H and O–H groups in total. The van der Waals surface area contributed by atoms with E-state index in [4.69, 9.17) is 0 Å². The summed E-state index contributed by atoms with van der Waals surface area (Å²) in [6.45, 7) is 7.10.